The van der Waals surface area contributed by atoms with E-state index in [0.717, 1.165) is 18.0 Å². The van der Waals surface area contributed by atoms with Crippen molar-refractivity contribution >= 4 is 46.0 Å². The van der Waals surface area contributed by atoms with Crippen LogP contribution in [0, 0.1) is 0 Å². The van der Waals surface area contributed by atoms with E-state index in [1.807, 2.05) is 38.4 Å². The second kappa shape index (κ2) is 9.70. The third kappa shape index (κ3) is 5.05. The van der Waals surface area contributed by atoms with Gasteiger partial charge in [-0.15, -0.1) is 0 Å². The van der Waals surface area contributed by atoms with Crippen molar-refractivity contribution in [2.75, 3.05) is 32.6 Å². The zero-order valence-electron chi connectivity index (χ0n) is 18.2. The molecule has 33 heavy (non-hydrogen) atoms. The van der Waals surface area contributed by atoms with Gasteiger partial charge in [0.05, 0.1) is 16.2 Å². The van der Waals surface area contributed by atoms with Crippen LogP contribution in [0.25, 0.3) is 22.4 Å². The normalized spacial score (nSPS) is 11.2. The van der Waals surface area contributed by atoms with Gasteiger partial charge in [-0.2, -0.15) is 4.98 Å². The summed E-state index contributed by atoms with van der Waals surface area (Å²) in [5.74, 6) is 1.10. The summed E-state index contributed by atoms with van der Waals surface area (Å²) in [5.41, 5.74) is 1.61. The number of pyridine rings is 1. The van der Waals surface area contributed by atoms with Gasteiger partial charge in [0.1, 0.15) is 23.6 Å². The molecule has 4 aromatic rings. The Morgan fingerprint density at radius 1 is 1.06 bits per heavy atom. The summed E-state index contributed by atoms with van der Waals surface area (Å²) in [7, 11) is 5.60. The van der Waals surface area contributed by atoms with Crippen LogP contribution in [0.5, 0.6) is 5.75 Å². The van der Waals surface area contributed by atoms with Crippen LogP contribution >= 0.6 is 23.2 Å². The molecule has 0 saturated carbocycles. The molecule has 0 fully saturated rings. The van der Waals surface area contributed by atoms with Gasteiger partial charge in [0, 0.05) is 37.2 Å². The van der Waals surface area contributed by atoms with Gasteiger partial charge in [0.15, 0.2) is 5.65 Å². The maximum absolute atomic E-state index is 13.0. The summed E-state index contributed by atoms with van der Waals surface area (Å²) in [4.78, 5) is 32.2. The maximum atomic E-state index is 13.0. The number of hydrogen-bond donors (Lipinski definition) is 1. The van der Waals surface area contributed by atoms with Crippen molar-refractivity contribution in [2.24, 2.45) is 7.05 Å². The molecular weight excluding hydrogens is 465 g/mol. The summed E-state index contributed by atoms with van der Waals surface area (Å²) in [5, 5.41) is 3.60. The highest BCUT2D eigenvalue weighted by atomic mass is 35.5. The second-order valence-corrected chi connectivity index (χ2v) is 8.32. The minimum absolute atomic E-state index is 0.108. The van der Waals surface area contributed by atoms with Crippen molar-refractivity contribution < 1.29 is 4.74 Å². The van der Waals surface area contributed by atoms with Gasteiger partial charge in [0.25, 0.3) is 5.56 Å². The summed E-state index contributed by atoms with van der Waals surface area (Å²) in [6.45, 7) is 1.44. The maximum Gasteiger partial charge on any atom is 0.278 e. The van der Waals surface area contributed by atoms with Crippen LogP contribution in [-0.2, 0) is 7.05 Å². The van der Waals surface area contributed by atoms with Crippen molar-refractivity contribution in [3.63, 3.8) is 0 Å². The van der Waals surface area contributed by atoms with E-state index in [0.29, 0.717) is 29.3 Å². The summed E-state index contributed by atoms with van der Waals surface area (Å²) >= 11 is 12.4. The quantitative estimate of drug-likeness (QED) is 0.422. The van der Waals surface area contributed by atoms with Gasteiger partial charge in [-0.3, -0.25) is 14.3 Å². The Morgan fingerprint density at radius 3 is 2.42 bits per heavy atom. The minimum Gasteiger partial charge on any atom is -0.492 e. The lowest BCUT2D eigenvalue weighted by Crippen LogP contribution is -2.22. The number of rotatable bonds is 7. The SMILES string of the molecule is CN(C)CCOc1ccc(Nc2ncc3nc(-c4c(Cl)cncc4Cl)c(=O)n(C)c3n2)cc1. The zero-order chi connectivity index (χ0) is 23.5. The third-order valence-electron chi connectivity index (χ3n) is 4.82. The number of nitrogens with one attached hydrogen (secondary N) is 1. The van der Waals surface area contributed by atoms with Crippen LogP contribution in [0.3, 0.4) is 0 Å². The molecule has 0 atom stereocenters. The Labute approximate surface area is 200 Å². The first-order valence-corrected chi connectivity index (χ1v) is 10.8. The molecule has 0 aliphatic rings. The van der Waals surface area contributed by atoms with E-state index in [1.54, 1.807) is 7.05 Å². The largest absolute Gasteiger partial charge is 0.492 e. The lowest BCUT2D eigenvalue weighted by atomic mass is 10.2. The summed E-state index contributed by atoms with van der Waals surface area (Å²) in [6, 6.07) is 7.47. The van der Waals surface area contributed by atoms with E-state index >= 15 is 0 Å². The Morgan fingerprint density at radius 2 is 1.76 bits per heavy atom. The van der Waals surface area contributed by atoms with E-state index in [-0.39, 0.29) is 21.3 Å². The Bertz CT molecular complexity index is 1340. The number of anilines is 2. The van der Waals surface area contributed by atoms with Crippen molar-refractivity contribution in [3.8, 4) is 17.0 Å². The van der Waals surface area contributed by atoms with Gasteiger partial charge < -0.3 is 15.0 Å². The van der Waals surface area contributed by atoms with Gasteiger partial charge in [0.2, 0.25) is 5.95 Å². The molecule has 11 heteroatoms. The number of nitrogens with zero attached hydrogens (tertiary/aromatic N) is 6. The monoisotopic (exact) mass is 485 g/mol. The number of halogens is 2. The van der Waals surface area contributed by atoms with E-state index in [9.17, 15) is 4.79 Å². The van der Waals surface area contributed by atoms with Gasteiger partial charge in [-0.1, -0.05) is 23.2 Å². The van der Waals surface area contributed by atoms with Crippen molar-refractivity contribution in [3.05, 3.63) is 63.3 Å². The lowest BCUT2D eigenvalue weighted by molar-refractivity contribution is 0.261. The molecular formula is C22H21Cl2N7O2. The lowest BCUT2D eigenvalue weighted by Gasteiger charge is -2.12. The first-order chi connectivity index (χ1) is 15.8. The number of aromatic nitrogens is 5. The molecule has 3 aromatic heterocycles. The molecule has 0 radical (unpaired) electrons. The molecule has 0 spiro atoms. The summed E-state index contributed by atoms with van der Waals surface area (Å²) in [6.07, 6.45) is 4.36. The molecule has 4 rings (SSSR count). The van der Waals surface area contributed by atoms with Crippen LogP contribution in [0.2, 0.25) is 10.0 Å². The van der Waals surface area contributed by atoms with Crippen LogP contribution in [0.1, 0.15) is 0 Å². The molecule has 1 N–H and O–H groups in total. The first-order valence-electron chi connectivity index (χ1n) is 10.0. The van der Waals surface area contributed by atoms with Crippen LogP contribution < -0.4 is 15.6 Å². The molecule has 0 aliphatic carbocycles. The molecule has 9 nitrogen and oxygen atoms in total. The average Bonchev–Trinajstić information content (AvgIpc) is 2.78. The topological polar surface area (TPSA) is 98.1 Å². The van der Waals surface area contributed by atoms with E-state index in [1.165, 1.54) is 23.2 Å². The van der Waals surface area contributed by atoms with Gasteiger partial charge in [-0.25, -0.2) is 9.97 Å². The number of hydrogen-bond acceptors (Lipinski definition) is 8. The third-order valence-corrected chi connectivity index (χ3v) is 5.39. The fraction of sp³-hybridized carbons (Fsp3) is 0.227. The Hall–Kier alpha value is -3.27. The fourth-order valence-electron chi connectivity index (χ4n) is 3.09. The average molecular weight is 486 g/mol. The van der Waals surface area contributed by atoms with Crippen LogP contribution in [0.15, 0.2) is 47.7 Å². The van der Waals surface area contributed by atoms with E-state index < -0.39 is 0 Å². The molecule has 1 aromatic carbocycles. The number of benzene rings is 1. The smallest absolute Gasteiger partial charge is 0.278 e. The number of ether oxygens (including phenoxy) is 1. The van der Waals surface area contributed by atoms with Gasteiger partial charge >= 0.3 is 0 Å². The predicted molar refractivity (Wildman–Crippen MR) is 130 cm³/mol. The van der Waals surface area contributed by atoms with E-state index in [2.05, 4.69) is 30.2 Å². The second-order valence-electron chi connectivity index (χ2n) is 7.51. The van der Waals surface area contributed by atoms with Crippen molar-refractivity contribution in [1.29, 1.82) is 0 Å². The van der Waals surface area contributed by atoms with Crippen molar-refractivity contribution in [1.82, 2.24) is 29.4 Å². The highest BCUT2D eigenvalue weighted by molar-refractivity contribution is 6.38. The molecule has 0 saturated heterocycles. The highest BCUT2D eigenvalue weighted by Crippen LogP contribution is 2.31. The molecule has 0 unspecified atom stereocenters. The van der Waals surface area contributed by atoms with Crippen molar-refractivity contribution in [2.45, 2.75) is 0 Å². The highest BCUT2D eigenvalue weighted by Gasteiger charge is 2.18. The Kier molecular flexibility index (Phi) is 6.73. The molecule has 3 heterocycles. The Balaban J connectivity index is 1.60. The van der Waals surface area contributed by atoms with E-state index in [4.69, 9.17) is 27.9 Å². The number of likely N-dealkylation sites (N-methyl/N-ethyl adjacent to an activating group) is 1. The molecule has 0 amide bonds. The van der Waals surface area contributed by atoms with Gasteiger partial charge in [-0.05, 0) is 38.4 Å². The first kappa shape index (κ1) is 22.9. The molecule has 0 aliphatic heterocycles. The molecule has 0 bridgehead atoms. The minimum atomic E-state index is -0.388. The number of fused-ring (bicyclic) bond motifs is 1. The summed E-state index contributed by atoms with van der Waals surface area (Å²) < 4.78 is 7.09. The predicted octanol–water partition coefficient (Wildman–Crippen LogP) is 3.78. The molecule has 170 valence electrons. The van der Waals surface area contributed by atoms with Crippen LogP contribution in [-0.4, -0.2) is 56.6 Å². The number of aryl methyl sites for hydroxylation is 1. The fourth-order valence-corrected chi connectivity index (χ4v) is 3.63. The standard InChI is InChI=1S/C22H21Cl2N7O2/c1-30(2)8-9-33-14-6-4-13(5-7-14)27-22-26-12-17-20(29-22)31(3)21(32)19(28-17)18-15(23)10-25-11-16(18)24/h4-7,10-12H,8-9H2,1-3H3,(H,26,27,29). The van der Waals surface area contributed by atoms with Crippen LogP contribution in [0.4, 0.5) is 11.6 Å². The zero-order valence-corrected chi connectivity index (χ0v) is 19.7.